The molecule has 0 N–H and O–H groups in total. The highest BCUT2D eigenvalue weighted by atomic mass is 32.1. The van der Waals surface area contributed by atoms with Crippen LogP contribution in [0.1, 0.15) is 43.4 Å². The van der Waals surface area contributed by atoms with Crippen LogP contribution < -0.4 is 0 Å². The van der Waals surface area contributed by atoms with E-state index in [1.807, 2.05) is 11.3 Å². The summed E-state index contributed by atoms with van der Waals surface area (Å²) in [6.07, 6.45) is 2.24. The SMILES string of the molecule is CCC1(CC)c2ccccc2-c2ccc(-c3sc(-c4ccc(C)cc4)c4ccccc34)cc21. The van der Waals surface area contributed by atoms with Gasteiger partial charge in [-0.1, -0.05) is 104 Å². The molecule has 0 bridgehead atoms. The second-order valence-corrected chi connectivity index (χ2v) is 10.3. The van der Waals surface area contributed by atoms with Gasteiger partial charge in [-0.15, -0.1) is 11.3 Å². The zero-order valence-corrected chi connectivity index (χ0v) is 20.3. The summed E-state index contributed by atoms with van der Waals surface area (Å²) >= 11 is 1.93. The predicted molar refractivity (Wildman–Crippen MR) is 144 cm³/mol. The van der Waals surface area contributed by atoms with Gasteiger partial charge < -0.3 is 0 Å². The van der Waals surface area contributed by atoms with Crippen LogP contribution in [-0.4, -0.2) is 0 Å². The highest BCUT2D eigenvalue weighted by molar-refractivity contribution is 7.21. The summed E-state index contributed by atoms with van der Waals surface area (Å²) in [5, 5.41) is 2.70. The van der Waals surface area contributed by atoms with Crippen LogP contribution >= 0.6 is 11.3 Å². The Bertz CT molecular complexity index is 1480. The van der Waals surface area contributed by atoms with Crippen molar-refractivity contribution in [2.75, 3.05) is 0 Å². The van der Waals surface area contributed by atoms with Crippen molar-refractivity contribution in [2.24, 2.45) is 0 Å². The summed E-state index contributed by atoms with van der Waals surface area (Å²) in [4.78, 5) is 2.74. The van der Waals surface area contributed by atoms with Crippen LogP contribution in [0.15, 0.2) is 91.0 Å². The molecule has 0 amide bonds. The van der Waals surface area contributed by atoms with Crippen molar-refractivity contribution in [3.63, 3.8) is 0 Å². The standard InChI is InChI=1S/C32H28S/c1-4-32(5-2)28-13-9-8-10-24(28)25-19-18-23(20-29(25)32)31-27-12-7-6-11-26(27)30(33-31)22-16-14-21(3)15-17-22/h6-20H,4-5H2,1-3H3. The molecule has 33 heavy (non-hydrogen) atoms. The molecule has 0 nitrogen and oxygen atoms in total. The number of benzene rings is 4. The molecular weight excluding hydrogens is 416 g/mol. The van der Waals surface area contributed by atoms with E-state index in [0.717, 1.165) is 12.8 Å². The Hall–Kier alpha value is -3.16. The quantitative estimate of drug-likeness (QED) is 0.259. The molecule has 0 fully saturated rings. The largest absolute Gasteiger partial charge is 0.134 e. The summed E-state index contributed by atoms with van der Waals surface area (Å²) in [6.45, 7) is 6.84. The number of rotatable bonds is 4. The van der Waals surface area contributed by atoms with Gasteiger partial charge in [-0.3, -0.25) is 0 Å². The Labute approximate surface area is 200 Å². The fourth-order valence-corrected chi connectivity index (χ4v) is 7.11. The van der Waals surface area contributed by atoms with Gasteiger partial charge in [-0.05, 0) is 59.2 Å². The van der Waals surface area contributed by atoms with E-state index >= 15 is 0 Å². The van der Waals surface area contributed by atoms with Gasteiger partial charge in [0.2, 0.25) is 0 Å². The molecule has 1 aliphatic carbocycles. The van der Waals surface area contributed by atoms with Crippen LogP contribution in [0.5, 0.6) is 0 Å². The summed E-state index contributed by atoms with van der Waals surface area (Å²) in [5.41, 5.74) is 9.88. The third kappa shape index (κ3) is 2.96. The fourth-order valence-electron chi connectivity index (χ4n) is 5.83. The van der Waals surface area contributed by atoms with E-state index in [9.17, 15) is 0 Å². The molecule has 0 spiro atoms. The number of aryl methyl sites for hydroxylation is 1. The van der Waals surface area contributed by atoms with Gasteiger partial charge in [-0.25, -0.2) is 0 Å². The highest BCUT2D eigenvalue weighted by Gasteiger charge is 2.40. The summed E-state index contributed by atoms with van der Waals surface area (Å²) in [7, 11) is 0. The third-order valence-electron chi connectivity index (χ3n) is 7.67. The third-order valence-corrected chi connectivity index (χ3v) is 8.99. The minimum atomic E-state index is 0.106. The number of thiophene rings is 1. The molecule has 1 heteroatoms. The first-order valence-electron chi connectivity index (χ1n) is 12.0. The molecule has 0 radical (unpaired) electrons. The average molecular weight is 445 g/mol. The Morgan fingerprint density at radius 2 is 1.18 bits per heavy atom. The summed E-state index contributed by atoms with van der Waals surface area (Å²) in [5.74, 6) is 0. The van der Waals surface area contributed by atoms with Crippen molar-refractivity contribution in [3.05, 3.63) is 108 Å². The van der Waals surface area contributed by atoms with Gasteiger partial charge in [-0.2, -0.15) is 0 Å². The molecule has 0 saturated carbocycles. The van der Waals surface area contributed by atoms with Gasteiger partial charge in [0.05, 0.1) is 0 Å². The Morgan fingerprint density at radius 1 is 0.606 bits per heavy atom. The first-order valence-corrected chi connectivity index (χ1v) is 12.8. The molecule has 5 aromatic rings. The van der Waals surface area contributed by atoms with E-state index in [1.165, 1.54) is 59.5 Å². The Balaban J connectivity index is 1.58. The maximum absolute atomic E-state index is 2.50. The number of hydrogen-bond donors (Lipinski definition) is 0. The second kappa shape index (κ2) is 7.71. The van der Waals surface area contributed by atoms with Crippen LogP contribution in [0.4, 0.5) is 0 Å². The summed E-state index contributed by atoms with van der Waals surface area (Å²) < 4.78 is 0. The summed E-state index contributed by atoms with van der Waals surface area (Å²) in [6, 6.07) is 34.1. The zero-order valence-electron chi connectivity index (χ0n) is 19.5. The Morgan fingerprint density at radius 3 is 1.88 bits per heavy atom. The molecule has 162 valence electrons. The molecule has 6 rings (SSSR count). The minimum absolute atomic E-state index is 0.106. The van der Waals surface area contributed by atoms with Crippen molar-refractivity contribution in [2.45, 2.75) is 39.0 Å². The zero-order chi connectivity index (χ0) is 22.6. The number of fused-ring (bicyclic) bond motifs is 4. The van der Waals surface area contributed by atoms with E-state index < -0.39 is 0 Å². The van der Waals surface area contributed by atoms with E-state index in [0.29, 0.717) is 0 Å². The minimum Gasteiger partial charge on any atom is -0.134 e. The van der Waals surface area contributed by atoms with Crippen molar-refractivity contribution >= 4 is 22.1 Å². The van der Waals surface area contributed by atoms with Gasteiger partial charge in [0, 0.05) is 25.9 Å². The van der Waals surface area contributed by atoms with Crippen molar-refractivity contribution in [1.29, 1.82) is 0 Å². The van der Waals surface area contributed by atoms with Crippen LogP contribution in [0.3, 0.4) is 0 Å². The smallest absolute Gasteiger partial charge is 0.0428 e. The second-order valence-electron chi connectivity index (χ2n) is 9.27. The van der Waals surface area contributed by atoms with Gasteiger partial charge >= 0.3 is 0 Å². The molecule has 0 unspecified atom stereocenters. The molecular formula is C32H28S. The van der Waals surface area contributed by atoms with E-state index in [2.05, 4.69) is 112 Å². The molecule has 4 aromatic carbocycles. The number of hydrogen-bond acceptors (Lipinski definition) is 1. The monoisotopic (exact) mass is 444 g/mol. The van der Waals surface area contributed by atoms with Gasteiger partial charge in [0.15, 0.2) is 0 Å². The Kier molecular flexibility index (Phi) is 4.78. The maximum atomic E-state index is 2.50. The van der Waals surface area contributed by atoms with Gasteiger partial charge in [0.1, 0.15) is 0 Å². The van der Waals surface area contributed by atoms with Crippen LogP contribution in [-0.2, 0) is 5.41 Å². The first-order chi connectivity index (χ1) is 16.2. The normalized spacial score (nSPS) is 13.8. The molecule has 0 saturated heterocycles. The van der Waals surface area contributed by atoms with Gasteiger partial charge in [0.25, 0.3) is 0 Å². The lowest BCUT2D eigenvalue weighted by Crippen LogP contribution is -2.23. The van der Waals surface area contributed by atoms with E-state index in [1.54, 1.807) is 0 Å². The van der Waals surface area contributed by atoms with Crippen LogP contribution in [0.25, 0.3) is 42.8 Å². The highest BCUT2D eigenvalue weighted by Crippen LogP contribution is 2.54. The molecule has 1 heterocycles. The molecule has 1 aromatic heterocycles. The van der Waals surface area contributed by atoms with E-state index in [4.69, 9.17) is 0 Å². The van der Waals surface area contributed by atoms with Crippen LogP contribution in [0, 0.1) is 6.92 Å². The predicted octanol–water partition coefficient (Wildman–Crippen LogP) is 9.63. The van der Waals surface area contributed by atoms with Crippen molar-refractivity contribution < 1.29 is 0 Å². The van der Waals surface area contributed by atoms with Crippen molar-refractivity contribution in [1.82, 2.24) is 0 Å². The van der Waals surface area contributed by atoms with Crippen molar-refractivity contribution in [3.8, 4) is 32.0 Å². The van der Waals surface area contributed by atoms with Crippen LogP contribution in [0.2, 0.25) is 0 Å². The lowest BCUT2D eigenvalue weighted by Gasteiger charge is -2.29. The molecule has 0 aliphatic heterocycles. The first kappa shape index (κ1) is 20.4. The lowest BCUT2D eigenvalue weighted by atomic mass is 9.73. The topological polar surface area (TPSA) is 0 Å². The van der Waals surface area contributed by atoms with E-state index in [-0.39, 0.29) is 5.41 Å². The lowest BCUT2D eigenvalue weighted by molar-refractivity contribution is 0.490. The molecule has 1 aliphatic rings. The average Bonchev–Trinajstić information content (AvgIpc) is 3.38. The maximum Gasteiger partial charge on any atom is 0.0428 e. The fraction of sp³-hybridized carbons (Fsp3) is 0.188. The molecule has 0 atom stereocenters.